The summed E-state index contributed by atoms with van der Waals surface area (Å²) in [6.07, 6.45) is 2.13. The minimum atomic E-state index is -0.972. The molecule has 2 unspecified atom stereocenters. The summed E-state index contributed by atoms with van der Waals surface area (Å²) in [7, 11) is 0. The number of nitrogens with one attached hydrogen (secondary N) is 1. The van der Waals surface area contributed by atoms with E-state index in [1.165, 1.54) is 22.9 Å². The van der Waals surface area contributed by atoms with Crippen molar-refractivity contribution >= 4 is 23.8 Å². The van der Waals surface area contributed by atoms with Crippen LogP contribution in [0.25, 0.3) is 0 Å². The largest absolute Gasteiger partial charge is 0.480 e. The summed E-state index contributed by atoms with van der Waals surface area (Å²) < 4.78 is 4.66. The van der Waals surface area contributed by atoms with Crippen molar-refractivity contribution in [2.45, 2.75) is 31.3 Å². The average Bonchev–Trinajstić information content (AvgIpc) is 3.04. The smallest absolute Gasteiger partial charge is 0.327 e. The predicted octanol–water partition coefficient (Wildman–Crippen LogP) is 1.12. The molecule has 104 valence electrons. The first-order chi connectivity index (χ1) is 9.13. The summed E-state index contributed by atoms with van der Waals surface area (Å²) in [6, 6.07) is 0.491. The SMILES string of the molecule is CCC1SCC(C(=O)O)N1C(=O)NCc1ccon1. The second kappa shape index (κ2) is 5.96. The van der Waals surface area contributed by atoms with E-state index >= 15 is 0 Å². The van der Waals surface area contributed by atoms with Crippen LogP contribution in [0.3, 0.4) is 0 Å². The van der Waals surface area contributed by atoms with Gasteiger partial charge in [0.25, 0.3) is 0 Å². The average molecular weight is 285 g/mol. The number of urea groups is 1. The third-order valence-corrected chi connectivity index (χ3v) is 4.33. The number of carboxylic acid groups (broad SMARTS) is 1. The highest BCUT2D eigenvalue weighted by Crippen LogP contribution is 2.31. The molecule has 0 radical (unpaired) electrons. The molecule has 19 heavy (non-hydrogen) atoms. The maximum absolute atomic E-state index is 12.1. The number of nitrogens with zero attached hydrogens (tertiary/aromatic N) is 2. The standard InChI is InChI=1S/C11H15N3O4S/c1-2-9-14(8(6-19-9)10(15)16)11(17)12-5-7-3-4-18-13-7/h3-4,8-9H,2,5-6H2,1H3,(H,12,17)(H,15,16). The molecule has 2 N–H and O–H groups in total. The Labute approximate surface area is 114 Å². The number of thioether (sulfide) groups is 1. The molecule has 1 fully saturated rings. The van der Waals surface area contributed by atoms with E-state index < -0.39 is 12.0 Å². The number of aliphatic carboxylic acids is 1. The Morgan fingerprint density at radius 2 is 2.47 bits per heavy atom. The Balaban J connectivity index is 2.00. The third-order valence-electron chi connectivity index (χ3n) is 2.87. The fourth-order valence-electron chi connectivity index (χ4n) is 1.93. The number of carbonyl (C=O) groups excluding carboxylic acids is 1. The first kappa shape index (κ1) is 13.7. The molecule has 1 aliphatic heterocycles. The van der Waals surface area contributed by atoms with Gasteiger partial charge in [0.1, 0.15) is 18.0 Å². The van der Waals surface area contributed by atoms with Crippen molar-refractivity contribution in [3.63, 3.8) is 0 Å². The van der Waals surface area contributed by atoms with Crippen LogP contribution in [0.2, 0.25) is 0 Å². The Hall–Kier alpha value is -1.70. The summed E-state index contributed by atoms with van der Waals surface area (Å²) in [6.45, 7) is 2.15. The van der Waals surface area contributed by atoms with Crippen LogP contribution in [-0.4, -0.2) is 44.3 Å². The Morgan fingerprint density at radius 3 is 3.05 bits per heavy atom. The number of carbonyl (C=O) groups is 2. The zero-order valence-corrected chi connectivity index (χ0v) is 11.2. The molecule has 0 bridgehead atoms. The van der Waals surface area contributed by atoms with Crippen LogP contribution in [0.5, 0.6) is 0 Å². The number of hydrogen-bond acceptors (Lipinski definition) is 5. The van der Waals surface area contributed by atoms with Gasteiger partial charge in [0.15, 0.2) is 0 Å². The number of carboxylic acids is 1. The lowest BCUT2D eigenvalue weighted by Crippen LogP contribution is -2.49. The molecule has 1 saturated heterocycles. The Morgan fingerprint density at radius 1 is 1.68 bits per heavy atom. The molecule has 1 aromatic rings. The summed E-state index contributed by atoms with van der Waals surface area (Å²) in [5, 5.41) is 15.4. The van der Waals surface area contributed by atoms with E-state index in [-0.39, 0.29) is 17.9 Å². The van der Waals surface area contributed by atoms with Crippen LogP contribution in [0.1, 0.15) is 19.0 Å². The van der Waals surface area contributed by atoms with Crippen LogP contribution >= 0.6 is 11.8 Å². The van der Waals surface area contributed by atoms with Crippen LogP contribution in [0.4, 0.5) is 4.79 Å². The minimum Gasteiger partial charge on any atom is -0.480 e. The lowest BCUT2D eigenvalue weighted by Gasteiger charge is -2.26. The van der Waals surface area contributed by atoms with E-state index in [2.05, 4.69) is 15.0 Å². The van der Waals surface area contributed by atoms with E-state index in [1.807, 2.05) is 6.92 Å². The van der Waals surface area contributed by atoms with Gasteiger partial charge in [-0.2, -0.15) is 0 Å². The van der Waals surface area contributed by atoms with Crippen LogP contribution in [0, 0.1) is 0 Å². The quantitative estimate of drug-likeness (QED) is 0.860. The van der Waals surface area contributed by atoms with Crippen LogP contribution in [0.15, 0.2) is 16.9 Å². The zero-order chi connectivity index (χ0) is 13.8. The normalized spacial score (nSPS) is 22.5. The molecule has 0 aliphatic carbocycles. The number of rotatable bonds is 4. The Kier molecular flexibility index (Phi) is 4.31. The van der Waals surface area contributed by atoms with Crippen molar-refractivity contribution < 1.29 is 19.2 Å². The van der Waals surface area contributed by atoms with Crippen LogP contribution in [-0.2, 0) is 11.3 Å². The summed E-state index contributed by atoms with van der Waals surface area (Å²) >= 11 is 1.49. The van der Waals surface area contributed by atoms with Gasteiger partial charge in [-0.15, -0.1) is 11.8 Å². The van der Waals surface area contributed by atoms with Gasteiger partial charge < -0.3 is 14.9 Å². The van der Waals surface area contributed by atoms with Crippen molar-refractivity contribution in [2.24, 2.45) is 0 Å². The lowest BCUT2D eigenvalue weighted by atomic mass is 10.3. The fourth-order valence-corrected chi connectivity index (χ4v) is 3.27. The van der Waals surface area contributed by atoms with Gasteiger partial charge in [0, 0.05) is 11.8 Å². The molecule has 0 saturated carbocycles. The van der Waals surface area contributed by atoms with Gasteiger partial charge in [-0.25, -0.2) is 9.59 Å². The van der Waals surface area contributed by atoms with Crippen molar-refractivity contribution in [2.75, 3.05) is 5.75 Å². The maximum Gasteiger partial charge on any atom is 0.327 e. The van der Waals surface area contributed by atoms with Gasteiger partial charge in [-0.3, -0.25) is 4.90 Å². The molecular weight excluding hydrogens is 270 g/mol. The fraction of sp³-hybridized carbons (Fsp3) is 0.545. The number of aromatic nitrogens is 1. The van der Waals surface area contributed by atoms with Gasteiger partial charge in [-0.1, -0.05) is 12.1 Å². The highest BCUT2D eigenvalue weighted by Gasteiger charge is 2.40. The first-order valence-electron chi connectivity index (χ1n) is 5.93. The second-order valence-electron chi connectivity index (χ2n) is 4.11. The Bertz CT molecular complexity index is 451. The van der Waals surface area contributed by atoms with E-state index in [4.69, 9.17) is 5.11 Å². The first-order valence-corrected chi connectivity index (χ1v) is 6.98. The predicted molar refractivity (Wildman–Crippen MR) is 68.5 cm³/mol. The molecule has 2 amide bonds. The zero-order valence-electron chi connectivity index (χ0n) is 10.4. The van der Waals surface area contributed by atoms with E-state index in [0.717, 1.165) is 0 Å². The number of hydrogen-bond donors (Lipinski definition) is 2. The van der Waals surface area contributed by atoms with Crippen molar-refractivity contribution in [3.8, 4) is 0 Å². The van der Waals surface area contributed by atoms with E-state index in [1.54, 1.807) is 6.07 Å². The molecule has 2 atom stereocenters. The lowest BCUT2D eigenvalue weighted by molar-refractivity contribution is -0.141. The molecule has 0 spiro atoms. The minimum absolute atomic E-state index is 0.0987. The van der Waals surface area contributed by atoms with E-state index in [0.29, 0.717) is 17.9 Å². The second-order valence-corrected chi connectivity index (χ2v) is 5.32. The van der Waals surface area contributed by atoms with E-state index in [9.17, 15) is 9.59 Å². The van der Waals surface area contributed by atoms with Crippen LogP contribution < -0.4 is 5.32 Å². The summed E-state index contributed by atoms with van der Waals surface area (Å²) in [5.74, 6) is -0.550. The highest BCUT2D eigenvalue weighted by atomic mass is 32.2. The topological polar surface area (TPSA) is 95.7 Å². The van der Waals surface area contributed by atoms with Gasteiger partial charge in [0.05, 0.1) is 11.9 Å². The molecule has 2 rings (SSSR count). The monoisotopic (exact) mass is 285 g/mol. The molecule has 1 aliphatic rings. The summed E-state index contributed by atoms with van der Waals surface area (Å²) in [4.78, 5) is 24.6. The van der Waals surface area contributed by atoms with Crippen molar-refractivity contribution in [1.29, 1.82) is 0 Å². The number of amides is 2. The molecule has 8 heteroatoms. The third kappa shape index (κ3) is 3.01. The molecular formula is C11H15N3O4S. The maximum atomic E-state index is 12.1. The highest BCUT2D eigenvalue weighted by molar-refractivity contribution is 8.00. The summed E-state index contributed by atoms with van der Waals surface area (Å²) in [5.41, 5.74) is 0.597. The van der Waals surface area contributed by atoms with Crippen molar-refractivity contribution in [3.05, 3.63) is 18.0 Å². The van der Waals surface area contributed by atoms with Gasteiger partial charge >= 0.3 is 12.0 Å². The van der Waals surface area contributed by atoms with Crippen molar-refractivity contribution in [1.82, 2.24) is 15.4 Å². The van der Waals surface area contributed by atoms with Gasteiger partial charge in [-0.05, 0) is 6.42 Å². The molecule has 1 aromatic heterocycles. The molecule has 7 nitrogen and oxygen atoms in total. The van der Waals surface area contributed by atoms with Gasteiger partial charge in [0.2, 0.25) is 0 Å². The molecule has 0 aromatic carbocycles. The molecule has 2 heterocycles.